The molecule has 0 saturated carbocycles. The maximum atomic E-state index is 6.02. The van der Waals surface area contributed by atoms with Crippen LogP contribution < -0.4 is 5.73 Å². The molecule has 2 rings (SSSR count). The van der Waals surface area contributed by atoms with Crippen LogP contribution in [0.4, 0.5) is 5.82 Å². The number of aryl methyl sites for hydroxylation is 1. The Labute approximate surface area is 92.2 Å². The molecule has 2 heterocycles. The molecule has 0 fully saturated rings. The molecular formula is C10H9ClN4. The normalized spacial score (nSPS) is 10.3. The fourth-order valence-corrected chi connectivity index (χ4v) is 1.50. The van der Waals surface area contributed by atoms with Crippen molar-refractivity contribution < 1.29 is 0 Å². The highest BCUT2D eigenvalue weighted by molar-refractivity contribution is 6.33. The second kappa shape index (κ2) is 3.82. The Balaban J connectivity index is 2.59. The molecule has 0 saturated heterocycles. The van der Waals surface area contributed by atoms with E-state index in [0.29, 0.717) is 22.4 Å². The summed E-state index contributed by atoms with van der Waals surface area (Å²) in [5.41, 5.74) is 7.09. The molecule has 2 aromatic heterocycles. The van der Waals surface area contributed by atoms with Gasteiger partial charge in [0.15, 0.2) is 0 Å². The Morgan fingerprint density at radius 1 is 1.33 bits per heavy atom. The van der Waals surface area contributed by atoms with Gasteiger partial charge in [-0.1, -0.05) is 11.6 Å². The Hall–Kier alpha value is -1.68. The van der Waals surface area contributed by atoms with Crippen molar-refractivity contribution in [2.24, 2.45) is 0 Å². The fourth-order valence-electron chi connectivity index (χ4n) is 1.29. The summed E-state index contributed by atoms with van der Waals surface area (Å²) < 4.78 is 0. The van der Waals surface area contributed by atoms with Crippen LogP contribution in [0.3, 0.4) is 0 Å². The number of hydrogen-bond donors (Lipinski definition) is 1. The predicted octanol–water partition coefficient (Wildman–Crippen LogP) is 2.08. The van der Waals surface area contributed by atoms with E-state index in [4.69, 9.17) is 17.3 Å². The summed E-state index contributed by atoms with van der Waals surface area (Å²) in [6.07, 6.45) is 3.28. The largest absolute Gasteiger partial charge is 0.384 e. The maximum Gasteiger partial charge on any atom is 0.128 e. The second-order valence-electron chi connectivity index (χ2n) is 3.08. The number of rotatable bonds is 1. The molecule has 0 aromatic carbocycles. The number of hydrogen-bond acceptors (Lipinski definition) is 4. The van der Waals surface area contributed by atoms with E-state index in [1.54, 1.807) is 31.5 Å². The first-order valence-electron chi connectivity index (χ1n) is 4.38. The lowest BCUT2D eigenvalue weighted by Gasteiger charge is -2.04. The van der Waals surface area contributed by atoms with Crippen LogP contribution >= 0.6 is 11.6 Å². The summed E-state index contributed by atoms with van der Waals surface area (Å²) in [5, 5.41) is 0.600. The molecule has 0 spiro atoms. The minimum Gasteiger partial charge on any atom is -0.384 e. The van der Waals surface area contributed by atoms with Crippen molar-refractivity contribution in [3.05, 3.63) is 35.4 Å². The van der Waals surface area contributed by atoms with Gasteiger partial charge in [0.2, 0.25) is 0 Å². The van der Waals surface area contributed by atoms with Crippen molar-refractivity contribution in [1.82, 2.24) is 15.0 Å². The molecule has 0 atom stereocenters. The van der Waals surface area contributed by atoms with E-state index in [2.05, 4.69) is 15.0 Å². The molecule has 0 aliphatic rings. The summed E-state index contributed by atoms with van der Waals surface area (Å²) in [6.45, 7) is 1.78. The zero-order chi connectivity index (χ0) is 10.8. The van der Waals surface area contributed by atoms with E-state index in [9.17, 15) is 0 Å². The first-order chi connectivity index (χ1) is 7.16. The number of pyridine rings is 1. The molecule has 4 nitrogen and oxygen atoms in total. The van der Waals surface area contributed by atoms with E-state index in [1.165, 1.54) is 0 Å². The van der Waals surface area contributed by atoms with Crippen molar-refractivity contribution in [1.29, 1.82) is 0 Å². The van der Waals surface area contributed by atoms with E-state index in [0.717, 1.165) is 5.56 Å². The number of nitrogen functional groups attached to an aromatic ring is 1. The molecule has 0 aliphatic carbocycles. The highest BCUT2D eigenvalue weighted by Crippen LogP contribution is 2.25. The lowest BCUT2D eigenvalue weighted by Crippen LogP contribution is -1.97. The van der Waals surface area contributed by atoms with E-state index < -0.39 is 0 Å². The molecule has 0 unspecified atom stereocenters. The third kappa shape index (κ3) is 2.05. The number of aromatic nitrogens is 3. The minimum absolute atomic E-state index is 0.428. The maximum absolute atomic E-state index is 6.02. The first kappa shape index (κ1) is 9.86. The summed E-state index contributed by atoms with van der Waals surface area (Å²) in [4.78, 5) is 12.2. The Morgan fingerprint density at radius 2 is 2.13 bits per heavy atom. The van der Waals surface area contributed by atoms with Crippen LogP contribution in [0.1, 0.15) is 5.82 Å². The zero-order valence-electron chi connectivity index (χ0n) is 8.11. The molecule has 0 amide bonds. The van der Waals surface area contributed by atoms with Gasteiger partial charge in [0.05, 0.1) is 10.7 Å². The van der Waals surface area contributed by atoms with Gasteiger partial charge in [-0.05, 0) is 13.0 Å². The monoisotopic (exact) mass is 220 g/mol. The molecule has 15 heavy (non-hydrogen) atoms. The van der Waals surface area contributed by atoms with Gasteiger partial charge in [-0.3, -0.25) is 4.98 Å². The standard InChI is InChI=1S/C10H9ClN4/c1-6-14-9(4-10(12)15-6)7-5-13-3-2-8(7)11/h2-5H,1H3,(H2,12,14,15). The third-order valence-corrected chi connectivity index (χ3v) is 2.23. The van der Waals surface area contributed by atoms with E-state index in [1.807, 2.05) is 0 Å². The molecular weight excluding hydrogens is 212 g/mol. The second-order valence-corrected chi connectivity index (χ2v) is 3.49. The van der Waals surface area contributed by atoms with Crippen LogP contribution in [0, 0.1) is 6.92 Å². The summed E-state index contributed by atoms with van der Waals surface area (Å²) in [7, 11) is 0. The van der Waals surface area contributed by atoms with Crippen LogP contribution in [-0.4, -0.2) is 15.0 Å². The smallest absolute Gasteiger partial charge is 0.128 e. The van der Waals surface area contributed by atoms with Crippen molar-refractivity contribution in [2.75, 3.05) is 5.73 Å². The molecule has 5 heteroatoms. The summed E-state index contributed by atoms with van der Waals surface area (Å²) >= 11 is 6.02. The Kier molecular flexibility index (Phi) is 2.51. The highest BCUT2D eigenvalue weighted by Gasteiger charge is 2.06. The zero-order valence-corrected chi connectivity index (χ0v) is 8.86. The number of nitrogens with two attached hydrogens (primary N) is 1. The van der Waals surface area contributed by atoms with Gasteiger partial charge in [0, 0.05) is 24.0 Å². The van der Waals surface area contributed by atoms with Crippen LogP contribution in [-0.2, 0) is 0 Å². The average molecular weight is 221 g/mol. The molecule has 2 N–H and O–H groups in total. The molecule has 76 valence electrons. The fraction of sp³-hybridized carbons (Fsp3) is 0.100. The predicted molar refractivity (Wildman–Crippen MR) is 59.4 cm³/mol. The molecule has 0 aliphatic heterocycles. The summed E-state index contributed by atoms with van der Waals surface area (Å²) in [6, 6.07) is 3.39. The average Bonchev–Trinajstić information content (AvgIpc) is 2.16. The van der Waals surface area contributed by atoms with Gasteiger partial charge in [-0.15, -0.1) is 0 Å². The lowest BCUT2D eigenvalue weighted by atomic mass is 10.2. The van der Waals surface area contributed by atoms with Gasteiger partial charge >= 0.3 is 0 Å². The highest BCUT2D eigenvalue weighted by atomic mass is 35.5. The van der Waals surface area contributed by atoms with Crippen LogP contribution in [0.25, 0.3) is 11.3 Å². The lowest BCUT2D eigenvalue weighted by molar-refractivity contribution is 1.06. The van der Waals surface area contributed by atoms with Crippen LogP contribution in [0.5, 0.6) is 0 Å². The van der Waals surface area contributed by atoms with E-state index in [-0.39, 0.29) is 0 Å². The van der Waals surface area contributed by atoms with Crippen molar-refractivity contribution in [3.63, 3.8) is 0 Å². The van der Waals surface area contributed by atoms with Gasteiger partial charge in [0.1, 0.15) is 11.6 Å². The van der Waals surface area contributed by atoms with Crippen molar-refractivity contribution in [2.45, 2.75) is 6.92 Å². The van der Waals surface area contributed by atoms with Crippen LogP contribution in [0.2, 0.25) is 5.02 Å². The number of halogens is 1. The number of nitrogens with zero attached hydrogens (tertiary/aromatic N) is 3. The molecule has 0 bridgehead atoms. The topological polar surface area (TPSA) is 64.7 Å². The molecule has 0 radical (unpaired) electrons. The quantitative estimate of drug-likeness (QED) is 0.799. The third-order valence-electron chi connectivity index (χ3n) is 1.90. The minimum atomic E-state index is 0.428. The molecule has 2 aromatic rings. The summed E-state index contributed by atoms with van der Waals surface area (Å²) in [5.74, 6) is 1.04. The Bertz CT molecular complexity index is 478. The van der Waals surface area contributed by atoms with Crippen molar-refractivity contribution in [3.8, 4) is 11.3 Å². The van der Waals surface area contributed by atoms with Crippen molar-refractivity contribution >= 4 is 17.4 Å². The first-order valence-corrected chi connectivity index (χ1v) is 4.75. The van der Waals surface area contributed by atoms with E-state index >= 15 is 0 Å². The van der Waals surface area contributed by atoms with Gasteiger partial charge < -0.3 is 5.73 Å². The number of anilines is 1. The SMILES string of the molecule is Cc1nc(N)cc(-c2cnccc2Cl)n1. The van der Waals surface area contributed by atoms with Gasteiger partial charge in [-0.25, -0.2) is 9.97 Å². The van der Waals surface area contributed by atoms with Crippen LogP contribution in [0.15, 0.2) is 24.5 Å². The van der Waals surface area contributed by atoms with Gasteiger partial charge in [-0.2, -0.15) is 0 Å². The van der Waals surface area contributed by atoms with Gasteiger partial charge in [0.25, 0.3) is 0 Å². The Morgan fingerprint density at radius 3 is 2.80 bits per heavy atom.